The Morgan fingerprint density at radius 2 is 0.706 bits per heavy atom. The molecule has 2 aliphatic rings. The summed E-state index contributed by atoms with van der Waals surface area (Å²) in [6.45, 7) is 0. The summed E-state index contributed by atoms with van der Waals surface area (Å²) in [6.07, 6.45) is 2.06. The molecule has 0 aromatic heterocycles. The monoisotopic (exact) mass is 490 g/mol. The van der Waals surface area contributed by atoms with Crippen LogP contribution in [0, 0.1) is 0 Å². The molecule has 6 rings (SSSR count). The summed E-state index contributed by atoms with van der Waals surface area (Å²) in [6, 6.07) is 38.8. The molecular formula is C30H32Cl2N2. The molecule has 0 heterocycles. The smallest absolute Gasteiger partial charge is 0.0306 e. The first-order chi connectivity index (χ1) is 15.7. The van der Waals surface area contributed by atoms with Gasteiger partial charge in [0, 0.05) is 23.9 Å². The molecule has 0 radical (unpaired) electrons. The van der Waals surface area contributed by atoms with Crippen LogP contribution >= 0.6 is 24.8 Å². The summed E-state index contributed by atoms with van der Waals surface area (Å²) in [5.74, 6) is 0.958. The van der Waals surface area contributed by atoms with E-state index in [1.165, 1.54) is 33.4 Å². The predicted octanol–water partition coefficient (Wildman–Crippen LogP) is 7.29. The van der Waals surface area contributed by atoms with Gasteiger partial charge in [-0.1, -0.05) is 109 Å². The van der Waals surface area contributed by atoms with Crippen molar-refractivity contribution < 1.29 is 0 Å². The van der Waals surface area contributed by atoms with Crippen molar-refractivity contribution in [2.45, 2.75) is 36.8 Å². The van der Waals surface area contributed by atoms with Gasteiger partial charge in [0.1, 0.15) is 0 Å². The quantitative estimate of drug-likeness (QED) is 0.309. The van der Waals surface area contributed by atoms with Crippen molar-refractivity contribution in [3.63, 3.8) is 0 Å². The van der Waals surface area contributed by atoms with E-state index in [0.29, 0.717) is 11.8 Å². The molecule has 0 bridgehead atoms. The highest BCUT2D eigenvalue weighted by molar-refractivity contribution is 5.85. The Balaban J connectivity index is 0.000000180. The summed E-state index contributed by atoms with van der Waals surface area (Å²) in [5, 5.41) is 0. The molecule has 0 aliphatic heterocycles. The average molecular weight is 492 g/mol. The van der Waals surface area contributed by atoms with Gasteiger partial charge in [-0.25, -0.2) is 0 Å². The Morgan fingerprint density at radius 3 is 1.06 bits per heavy atom. The molecule has 4 aromatic rings. The van der Waals surface area contributed by atoms with Crippen LogP contribution in [-0.4, -0.2) is 0 Å². The maximum atomic E-state index is 6.17. The maximum Gasteiger partial charge on any atom is 0.0306 e. The lowest BCUT2D eigenvalue weighted by molar-refractivity contribution is 0.662. The zero-order chi connectivity index (χ0) is 21.9. The van der Waals surface area contributed by atoms with E-state index in [-0.39, 0.29) is 36.9 Å². The van der Waals surface area contributed by atoms with E-state index in [0.717, 1.165) is 12.8 Å². The van der Waals surface area contributed by atoms with Crippen LogP contribution in [0.2, 0.25) is 0 Å². The van der Waals surface area contributed by atoms with Gasteiger partial charge in [0.05, 0.1) is 0 Å². The van der Waals surface area contributed by atoms with Gasteiger partial charge in [-0.15, -0.1) is 24.8 Å². The first-order valence-corrected chi connectivity index (χ1v) is 11.5. The summed E-state index contributed by atoms with van der Waals surface area (Å²) in [4.78, 5) is 0. The first-order valence-electron chi connectivity index (χ1n) is 11.5. The molecule has 4 atom stereocenters. The van der Waals surface area contributed by atoms with Gasteiger partial charge in [-0.05, 0) is 46.2 Å². The van der Waals surface area contributed by atoms with E-state index in [9.17, 15) is 0 Å². The molecule has 176 valence electrons. The van der Waals surface area contributed by atoms with Gasteiger partial charge in [0.25, 0.3) is 0 Å². The van der Waals surface area contributed by atoms with Crippen LogP contribution in [0.1, 0.15) is 70.1 Å². The second-order valence-corrected chi connectivity index (χ2v) is 8.87. The Hall–Kier alpha value is -2.62. The third-order valence-corrected chi connectivity index (χ3v) is 6.92. The lowest BCUT2D eigenvalue weighted by atomic mass is 9.93. The fraction of sp³-hybridized carbons (Fsp3) is 0.200. The third-order valence-electron chi connectivity index (χ3n) is 6.92. The van der Waals surface area contributed by atoms with Crippen LogP contribution in [0.3, 0.4) is 0 Å². The first kappa shape index (κ1) is 26.0. The van der Waals surface area contributed by atoms with Crippen molar-refractivity contribution in [3.05, 3.63) is 143 Å². The van der Waals surface area contributed by atoms with Crippen molar-refractivity contribution in [1.82, 2.24) is 0 Å². The maximum absolute atomic E-state index is 6.17. The van der Waals surface area contributed by atoms with Crippen LogP contribution in [0.25, 0.3) is 0 Å². The highest BCUT2D eigenvalue weighted by atomic mass is 35.5. The molecule has 2 nitrogen and oxygen atoms in total. The normalized spacial score (nSPS) is 21.7. The summed E-state index contributed by atoms with van der Waals surface area (Å²) < 4.78 is 0. The van der Waals surface area contributed by atoms with E-state index in [4.69, 9.17) is 11.5 Å². The lowest BCUT2D eigenvalue weighted by Gasteiger charge is -2.11. The fourth-order valence-electron chi connectivity index (χ4n) is 5.35. The predicted molar refractivity (Wildman–Crippen MR) is 147 cm³/mol. The summed E-state index contributed by atoms with van der Waals surface area (Å²) >= 11 is 0. The zero-order valence-corrected chi connectivity index (χ0v) is 20.7. The van der Waals surface area contributed by atoms with E-state index >= 15 is 0 Å². The number of benzene rings is 4. The number of fused-ring (bicyclic) bond motifs is 2. The second-order valence-electron chi connectivity index (χ2n) is 8.87. The van der Waals surface area contributed by atoms with Crippen molar-refractivity contribution in [1.29, 1.82) is 0 Å². The number of hydrogen-bond donors (Lipinski definition) is 2. The third kappa shape index (κ3) is 5.21. The number of hydrogen-bond acceptors (Lipinski definition) is 2. The highest BCUT2D eigenvalue weighted by Gasteiger charge is 2.29. The van der Waals surface area contributed by atoms with Gasteiger partial charge >= 0.3 is 0 Å². The molecule has 0 fully saturated rings. The Bertz CT molecular complexity index is 1090. The van der Waals surface area contributed by atoms with Gasteiger partial charge in [-0.3, -0.25) is 0 Å². The molecule has 0 unspecified atom stereocenters. The van der Waals surface area contributed by atoms with E-state index < -0.39 is 0 Å². The lowest BCUT2D eigenvalue weighted by Crippen LogP contribution is -2.05. The van der Waals surface area contributed by atoms with Gasteiger partial charge in [0.15, 0.2) is 0 Å². The average Bonchev–Trinajstić information content (AvgIpc) is 3.38. The van der Waals surface area contributed by atoms with Gasteiger partial charge in [0.2, 0.25) is 0 Å². The number of nitrogens with two attached hydrogens (primary N) is 2. The van der Waals surface area contributed by atoms with Gasteiger partial charge in [-0.2, -0.15) is 0 Å². The molecule has 2 aliphatic carbocycles. The molecule has 0 spiro atoms. The van der Waals surface area contributed by atoms with Crippen molar-refractivity contribution in [2.75, 3.05) is 0 Å². The molecule has 34 heavy (non-hydrogen) atoms. The summed E-state index contributed by atoms with van der Waals surface area (Å²) in [5.41, 5.74) is 20.5. The standard InChI is InChI=1S/2C15H15N.2ClH/c2*16-15-10-14(11-6-2-1-3-7-11)12-8-4-5-9-13(12)15;;/h2*1-9,14-15H,10,16H2;2*1H/t2*14-,15-;;/m10../s1. The van der Waals surface area contributed by atoms with E-state index in [1.807, 2.05) is 0 Å². The van der Waals surface area contributed by atoms with Crippen LogP contribution in [-0.2, 0) is 0 Å². The molecule has 4 N–H and O–H groups in total. The zero-order valence-electron chi connectivity index (χ0n) is 19.1. The molecular weight excluding hydrogens is 459 g/mol. The Morgan fingerprint density at radius 1 is 0.412 bits per heavy atom. The van der Waals surface area contributed by atoms with Crippen LogP contribution in [0.5, 0.6) is 0 Å². The van der Waals surface area contributed by atoms with Crippen LogP contribution in [0.15, 0.2) is 109 Å². The highest BCUT2D eigenvalue weighted by Crippen LogP contribution is 2.43. The molecule has 0 saturated carbocycles. The van der Waals surface area contributed by atoms with E-state index in [1.54, 1.807) is 0 Å². The number of rotatable bonds is 2. The number of halogens is 2. The topological polar surface area (TPSA) is 52.0 Å². The molecule has 4 heteroatoms. The van der Waals surface area contributed by atoms with Crippen LogP contribution in [0.4, 0.5) is 0 Å². The molecule has 0 saturated heterocycles. The Kier molecular flexibility index (Phi) is 8.93. The minimum Gasteiger partial charge on any atom is -0.324 e. The van der Waals surface area contributed by atoms with Crippen LogP contribution < -0.4 is 11.5 Å². The van der Waals surface area contributed by atoms with Gasteiger partial charge < -0.3 is 11.5 Å². The largest absolute Gasteiger partial charge is 0.324 e. The second kappa shape index (κ2) is 11.7. The van der Waals surface area contributed by atoms with Crippen molar-refractivity contribution in [3.8, 4) is 0 Å². The van der Waals surface area contributed by atoms with Crippen molar-refractivity contribution >= 4 is 24.8 Å². The molecule has 4 aromatic carbocycles. The molecule has 0 amide bonds. The summed E-state index contributed by atoms with van der Waals surface area (Å²) in [7, 11) is 0. The SMILES string of the molecule is Cl.Cl.N[C@@H]1C[C@H](c2ccccc2)c2ccccc21.N[C@H]1C[C@@H](c2ccccc2)c2ccccc21. The minimum absolute atomic E-state index is 0. The fourth-order valence-corrected chi connectivity index (χ4v) is 5.35. The van der Waals surface area contributed by atoms with Crippen molar-refractivity contribution in [2.24, 2.45) is 11.5 Å². The Labute approximate surface area is 215 Å². The van der Waals surface area contributed by atoms with E-state index in [2.05, 4.69) is 109 Å². The minimum atomic E-state index is 0.